The molecule has 6 rings (SSSR count). The minimum absolute atomic E-state index is 0. The molecule has 0 nitrogen and oxygen atoms in total. The summed E-state index contributed by atoms with van der Waals surface area (Å²) in [6.45, 7) is 2.56. The van der Waals surface area contributed by atoms with Crippen molar-refractivity contribution in [1.29, 1.82) is 0 Å². The van der Waals surface area contributed by atoms with Gasteiger partial charge in [-0.2, -0.15) is 0 Å². The second kappa shape index (κ2) is 10.2. The first-order valence-electron chi connectivity index (χ1n) is 12.6. The van der Waals surface area contributed by atoms with Gasteiger partial charge in [-0.05, 0) is 0 Å². The fourth-order valence-corrected chi connectivity index (χ4v) is 48.7. The van der Waals surface area contributed by atoms with E-state index in [9.17, 15) is 0 Å². The second-order valence-electron chi connectivity index (χ2n) is 10.7. The number of halogens is 2. The van der Waals surface area contributed by atoms with Crippen molar-refractivity contribution >= 4 is 38.4 Å². The third-order valence-electron chi connectivity index (χ3n) is 9.55. The molecule has 0 radical (unpaired) electrons. The fourth-order valence-electron chi connectivity index (χ4n) is 8.13. The molecule has 0 aromatic heterocycles. The topological polar surface area (TPSA) is 0 Å². The Morgan fingerprint density at radius 2 is 1.00 bits per heavy atom. The molecule has 2 fully saturated rings. The summed E-state index contributed by atoms with van der Waals surface area (Å²) in [5, 5.41) is 0. The summed E-state index contributed by atoms with van der Waals surface area (Å²) >= 11 is -4.05. The molecule has 4 atom stereocenters. The van der Waals surface area contributed by atoms with Crippen LogP contribution in [0.3, 0.4) is 0 Å². The van der Waals surface area contributed by atoms with Crippen molar-refractivity contribution < 1.29 is 17.1 Å². The molecule has 178 valence electrons. The van der Waals surface area contributed by atoms with Gasteiger partial charge in [0, 0.05) is 0 Å². The molecule has 0 aliphatic heterocycles. The van der Waals surface area contributed by atoms with Gasteiger partial charge in [0.05, 0.1) is 0 Å². The van der Waals surface area contributed by atoms with Crippen molar-refractivity contribution in [3.05, 3.63) is 108 Å². The fraction of sp³-hybridized carbons (Fsp3) is 0.333. The van der Waals surface area contributed by atoms with Gasteiger partial charge in [0.2, 0.25) is 0 Å². The first kappa shape index (κ1) is 26.1. The van der Waals surface area contributed by atoms with Gasteiger partial charge >= 0.3 is 197 Å². The van der Waals surface area contributed by atoms with Gasteiger partial charge in [0.15, 0.2) is 0 Å². The first-order chi connectivity index (χ1) is 15.7. The first-order valence-corrected chi connectivity index (χ1v) is 28.7. The Labute approximate surface area is 220 Å². The van der Waals surface area contributed by atoms with E-state index in [0.717, 1.165) is 19.2 Å². The molecule has 0 amide bonds. The van der Waals surface area contributed by atoms with Crippen LogP contribution in [0.5, 0.6) is 0 Å². The maximum atomic E-state index is 2.56. The van der Waals surface area contributed by atoms with Gasteiger partial charge in [0.25, 0.3) is 0 Å². The van der Waals surface area contributed by atoms with E-state index in [4.69, 9.17) is 0 Å². The van der Waals surface area contributed by atoms with Crippen molar-refractivity contribution in [2.45, 2.75) is 45.9 Å². The monoisotopic (exact) mass is 674 g/mol. The predicted molar refractivity (Wildman–Crippen MR) is 152 cm³/mol. The molecule has 2 saturated carbocycles. The van der Waals surface area contributed by atoms with E-state index in [2.05, 4.69) is 104 Å². The second-order valence-corrected chi connectivity index (χ2v) is 44.0. The number of hydrogen-bond acceptors (Lipinski definition) is 0. The van der Waals surface area contributed by atoms with E-state index < -0.39 is 17.1 Å². The molecule has 4 aliphatic carbocycles. The number of benzene rings is 2. The average molecular weight is 674 g/mol. The molecule has 4 unspecified atom stereocenters. The summed E-state index contributed by atoms with van der Waals surface area (Å²) in [7, 11) is 0. The van der Waals surface area contributed by atoms with Gasteiger partial charge in [-0.1, -0.05) is 0 Å². The van der Waals surface area contributed by atoms with E-state index >= 15 is 0 Å². The van der Waals surface area contributed by atoms with Crippen LogP contribution in [-0.4, -0.2) is 6.94 Å². The zero-order valence-corrected chi connectivity index (χ0v) is 26.5. The SMILES string of the molecule is Cl.Cl.[SiH2]=[Hf]([c]1ccccc1)([c]1ccccc1)([CH]1CCC2CC=CC=C21)[CH]1CCC2CC=CC=C21. The Bertz CT molecular complexity index is 1110. The van der Waals surface area contributed by atoms with Crippen LogP contribution in [0.1, 0.15) is 38.5 Å². The average Bonchev–Trinajstić information content (AvgIpc) is 3.50. The van der Waals surface area contributed by atoms with Crippen molar-refractivity contribution in [2.75, 3.05) is 0 Å². The Kier molecular flexibility index (Phi) is 7.85. The van der Waals surface area contributed by atoms with Crippen molar-refractivity contribution in [3.63, 3.8) is 0 Å². The molecule has 0 spiro atoms. The molecule has 0 N–H and O–H groups in total. The molecule has 4 aliphatic rings. The van der Waals surface area contributed by atoms with E-state index in [0.29, 0.717) is 0 Å². The maximum absolute atomic E-state index is 4.05. The number of rotatable bonds is 4. The van der Waals surface area contributed by atoms with Crippen LogP contribution in [0.15, 0.2) is 108 Å². The summed E-state index contributed by atoms with van der Waals surface area (Å²) in [6.07, 6.45) is 22.6. The summed E-state index contributed by atoms with van der Waals surface area (Å²) in [4.78, 5) is 0. The van der Waals surface area contributed by atoms with E-state index in [1.165, 1.54) is 38.5 Å². The third-order valence-corrected chi connectivity index (χ3v) is 52.4. The molecule has 0 bridgehead atoms. The minimum atomic E-state index is -4.05. The molecular formula is C30H36Cl2HfSi. The molecule has 0 heterocycles. The standard InChI is InChI=1S/2C9H11.2C6H5.2ClH.Hf.H2Si/c2*1-2-5-9-7-3-6-8(9)4-1;2*1-2-4-6-5-3-1;;;;/h2*1-2,4,6,9H,3,5,7H2;2*1-5H;2*1H;;1H2. The quantitative estimate of drug-likeness (QED) is 0.311. The summed E-state index contributed by atoms with van der Waals surface area (Å²) < 4.78 is 4.97. The Balaban J connectivity index is 0.00000137. The third kappa shape index (κ3) is 3.70. The zero-order valence-electron chi connectivity index (χ0n) is 19.8. The number of hydrogen-bond donors (Lipinski definition) is 0. The number of allylic oxidation sites excluding steroid dienone is 8. The van der Waals surface area contributed by atoms with Crippen molar-refractivity contribution in [3.8, 4) is 0 Å². The van der Waals surface area contributed by atoms with Gasteiger partial charge in [-0.15, -0.1) is 24.8 Å². The summed E-state index contributed by atoms with van der Waals surface area (Å²) in [5.74, 6) is 1.55. The van der Waals surface area contributed by atoms with Crippen molar-refractivity contribution in [2.24, 2.45) is 11.8 Å². The molecule has 0 saturated heterocycles. The molecule has 2 aromatic rings. The van der Waals surface area contributed by atoms with Crippen LogP contribution < -0.4 is 6.64 Å². The molecule has 4 heteroatoms. The van der Waals surface area contributed by atoms with Gasteiger partial charge in [-0.25, -0.2) is 0 Å². The molecule has 34 heavy (non-hydrogen) atoms. The van der Waals surface area contributed by atoms with E-state index in [-0.39, 0.29) is 24.8 Å². The summed E-state index contributed by atoms with van der Waals surface area (Å²) in [5.41, 5.74) is 3.61. The van der Waals surface area contributed by atoms with Gasteiger partial charge in [-0.3, -0.25) is 0 Å². The van der Waals surface area contributed by atoms with Crippen LogP contribution >= 0.6 is 24.8 Å². The van der Waals surface area contributed by atoms with Gasteiger partial charge in [0.1, 0.15) is 0 Å². The molecule has 2 aromatic carbocycles. The molecular weight excluding hydrogens is 638 g/mol. The van der Waals surface area contributed by atoms with E-state index in [1.807, 2.05) is 0 Å². The zero-order chi connectivity index (χ0) is 21.6. The van der Waals surface area contributed by atoms with Crippen LogP contribution in [0.25, 0.3) is 0 Å². The van der Waals surface area contributed by atoms with Crippen molar-refractivity contribution in [1.82, 2.24) is 0 Å². The van der Waals surface area contributed by atoms with Crippen LogP contribution in [-0.2, 0) is 17.1 Å². The predicted octanol–water partition coefficient (Wildman–Crippen LogP) is 6.89. The number of fused-ring (bicyclic) bond motifs is 2. The Hall–Kier alpha value is -0.933. The Morgan fingerprint density at radius 1 is 0.588 bits per heavy atom. The van der Waals surface area contributed by atoms with Crippen LogP contribution in [0.2, 0.25) is 7.35 Å². The van der Waals surface area contributed by atoms with E-state index in [1.54, 1.807) is 17.8 Å². The van der Waals surface area contributed by atoms with Crippen LogP contribution in [0, 0.1) is 11.8 Å². The Morgan fingerprint density at radius 3 is 1.41 bits per heavy atom. The summed E-state index contributed by atoms with van der Waals surface area (Å²) in [6, 6.07) is 23.9. The normalized spacial score (nSPS) is 27.6. The van der Waals surface area contributed by atoms with Crippen LogP contribution in [0.4, 0.5) is 0 Å². The van der Waals surface area contributed by atoms with Gasteiger partial charge < -0.3 is 0 Å².